The van der Waals surface area contributed by atoms with Gasteiger partial charge in [0.15, 0.2) is 0 Å². The van der Waals surface area contributed by atoms with Crippen LogP contribution >= 0.6 is 22.6 Å². The second kappa shape index (κ2) is 6.13. The minimum Gasteiger partial charge on any atom is -0.508 e. The Morgan fingerprint density at radius 2 is 1.80 bits per heavy atom. The largest absolute Gasteiger partial charge is 0.508 e. The molecule has 2 N–H and O–H groups in total. The van der Waals surface area contributed by atoms with E-state index in [2.05, 4.69) is 0 Å². The molecular formula is C15H14INO3. The molecule has 2 rings (SSSR count). The lowest BCUT2D eigenvalue weighted by Crippen LogP contribution is -2.26. The number of phenols is 2. The molecule has 0 saturated carbocycles. The summed E-state index contributed by atoms with van der Waals surface area (Å²) in [5.41, 5.74) is 1.37. The Morgan fingerprint density at radius 3 is 2.40 bits per heavy atom. The number of phenolic OH excluding ortho intramolecular Hbond substituents is 2. The molecule has 4 nitrogen and oxygen atoms in total. The first-order valence-corrected chi connectivity index (χ1v) is 7.07. The van der Waals surface area contributed by atoms with Crippen molar-refractivity contribution in [2.45, 2.75) is 6.54 Å². The molecule has 0 unspecified atom stereocenters. The molecule has 0 spiro atoms. The Balaban J connectivity index is 2.11. The van der Waals surface area contributed by atoms with Crippen molar-refractivity contribution >= 4 is 28.5 Å². The van der Waals surface area contributed by atoms with Crippen LogP contribution in [0, 0.1) is 3.57 Å². The Labute approximate surface area is 130 Å². The van der Waals surface area contributed by atoms with E-state index in [-0.39, 0.29) is 17.4 Å². The van der Waals surface area contributed by atoms with Gasteiger partial charge in [-0.1, -0.05) is 12.1 Å². The molecule has 0 aliphatic heterocycles. The second-order valence-electron chi connectivity index (χ2n) is 4.49. The summed E-state index contributed by atoms with van der Waals surface area (Å²) in [5, 5.41) is 18.9. The summed E-state index contributed by atoms with van der Waals surface area (Å²) in [6.07, 6.45) is 0. The van der Waals surface area contributed by atoms with Crippen LogP contribution in [0.15, 0.2) is 42.5 Å². The Hall–Kier alpha value is -1.76. The molecule has 1 amide bonds. The third-order valence-electron chi connectivity index (χ3n) is 2.90. The van der Waals surface area contributed by atoms with E-state index in [1.54, 1.807) is 48.3 Å². The van der Waals surface area contributed by atoms with Crippen molar-refractivity contribution in [2.24, 2.45) is 0 Å². The molecule has 2 aromatic carbocycles. The van der Waals surface area contributed by atoms with Gasteiger partial charge in [-0.25, -0.2) is 0 Å². The van der Waals surface area contributed by atoms with Gasteiger partial charge in [-0.2, -0.15) is 0 Å². The molecule has 0 aromatic heterocycles. The van der Waals surface area contributed by atoms with Gasteiger partial charge in [-0.15, -0.1) is 0 Å². The third-order valence-corrected chi connectivity index (χ3v) is 3.81. The zero-order valence-corrected chi connectivity index (χ0v) is 13.0. The van der Waals surface area contributed by atoms with Crippen LogP contribution in [-0.4, -0.2) is 28.1 Å². The number of rotatable bonds is 3. The quantitative estimate of drug-likeness (QED) is 0.802. The van der Waals surface area contributed by atoms with Gasteiger partial charge < -0.3 is 15.1 Å². The fraction of sp³-hybridized carbons (Fsp3) is 0.133. The number of hydrogen-bond acceptors (Lipinski definition) is 3. The number of carbonyl (C=O) groups is 1. The minimum absolute atomic E-state index is 0.106. The van der Waals surface area contributed by atoms with E-state index in [0.29, 0.717) is 15.7 Å². The zero-order chi connectivity index (χ0) is 14.7. The van der Waals surface area contributed by atoms with Crippen LogP contribution in [0.2, 0.25) is 0 Å². The predicted octanol–water partition coefficient (Wildman–Crippen LogP) is 2.97. The van der Waals surface area contributed by atoms with Crippen molar-refractivity contribution in [3.8, 4) is 11.5 Å². The summed E-state index contributed by atoms with van der Waals surface area (Å²) in [6, 6.07) is 11.6. The van der Waals surface area contributed by atoms with Gasteiger partial charge in [0.25, 0.3) is 5.91 Å². The molecule has 0 saturated heterocycles. The van der Waals surface area contributed by atoms with Crippen LogP contribution in [0.25, 0.3) is 0 Å². The molecule has 0 aliphatic rings. The van der Waals surface area contributed by atoms with Crippen molar-refractivity contribution in [3.63, 3.8) is 0 Å². The van der Waals surface area contributed by atoms with Crippen molar-refractivity contribution in [3.05, 3.63) is 57.2 Å². The minimum atomic E-state index is -0.162. The smallest absolute Gasteiger partial charge is 0.254 e. The first-order chi connectivity index (χ1) is 9.47. The van der Waals surface area contributed by atoms with E-state index < -0.39 is 0 Å². The van der Waals surface area contributed by atoms with Crippen molar-refractivity contribution in [1.82, 2.24) is 4.90 Å². The average molecular weight is 383 g/mol. The summed E-state index contributed by atoms with van der Waals surface area (Å²) in [5.74, 6) is 0.143. The molecule has 104 valence electrons. The van der Waals surface area contributed by atoms with Crippen LogP contribution in [-0.2, 0) is 6.54 Å². The SMILES string of the molecule is CN(Cc1ccc(O)cc1)C(=O)c1ccc(I)c(O)c1. The van der Waals surface area contributed by atoms with E-state index in [1.165, 1.54) is 6.07 Å². The fourth-order valence-corrected chi connectivity index (χ4v) is 2.15. The van der Waals surface area contributed by atoms with Gasteiger partial charge >= 0.3 is 0 Å². The van der Waals surface area contributed by atoms with Crippen LogP contribution in [0.1, 0.15) is 15.9 Å². The number of halogens is 1. The highest BCUT2D eigenvalue weighted by atomic mass is 127. The lowest BCUT2D eigenvalue weighted by molar-refractivity contribution is 0.0784. The fourth-order valence-electron chi connectivity index (χ4n) is 1.81. The predicted molar refractivity (Wildman–Crippen MR) is 84.7 cm³/mol. The number of benzene rings is 2. The standard InChI is InChI=1S/C15H14INO3/c1-17(9-10-2-5-12(18)6-3-10)15(20)11-4-7-13(16)14(19)8-11/h2-8,18-19H,9H2,1H3. The zero-order valence-electron chi connectivity index (χ0n) is 10.9. The summed E-state index contributed by atoms with van der Waals surface area (Å²) < 4.78 is 0.709. The Kier molecular flexibility index (Phi) is 4.49. The monoisotopic (exact) mass is 383 g/mol. The second-order valence-corrected chi connectivity index (χ2v) is 5.66. The average Bonchev–Trinajstić information content (AvgIpc) is 2.43. The van der Waals surface area contributed by atoms with Crippen molar-refractivity contribution in [1.29, 1.82) is 0 Å². The van der Waals surface area contributed by atoms with Crippen molar-refractivity contribution < 1.29 is 15.0 Å². The maximum Gasteiger partial charge on any atom is 0.254 e. The third kappa shape index (κ3) is 3.41. The maximum absolute atomic E-state index is 12.2. The van der Waals surface area contributed by atoms with Crippen LogP contribution in [0.4, 0.5) is 0 Å². The van der Waals surface area contributed by atoms with E-state index in [1.807, 2.05) is 22.6 Å². The van der Waals surface area contributed by atoms with E-state index in [0.717, 1.165) is 5.56 Å². The van der Waals surface area contributed by atoms with Gasteiger partial charge in [0, 0.05) is 19.2 Å². The summed E-state index contributed by atoms with van der Waals surface area (Å²) in [6.45, 7) is 0.436. The van der Waals surface area contributed by atoms with Gasteiger partial charge in [0.1, 0.15) is 11.5 Å². The van der Waals surface area contributed by atoms with Gasteiger partial charge in [0.2, 0.25) is 0 Å². The van der Waals surface area contributed by atoms with Crippen molar-refractivity contribution in [2.75, 3.05) is 7.05 Å². The molecular weight excluding hydrogens is 369 g/mol. The highest BCUT2D eigenvalue weighted by molar-refractivity contribution is 14.1. The summed E-state index contributed by atoms with van der Waals surface area (Å²) in [7, 11) is 1.70. The molecule has 0 aliphatic carbocycles. The maximum atomic E-state index is 12.2. The molecule has 0 heterocycles. The Bertz CT molecular complexity index is 626. The normalized spacial score (nSPS) is 10.3. The molecule has 2 aromatic rings. The topological polar surface area (TPSA) is 60.8 Å². The number of nitrogens with zero attached hydrogens (tertiary/aromatic N) is 1. The summed E-state index contributed by atoms with van der Waals surface area (Å²) >= 11 is 2.00. The van der Waals surface area contributed by atoms with Gasteiger partial charge in [-0.3, -0.25) is 4.79 Å². The van der Waals surface area contributed by atoms with Gasteiger partial charge in [0.05, 0.1) is 3.57 Å². The van der Waals surface area contributed by atoms with Gasteiger partial charge in [-0.05, 0) is 58.5 Å². The van der Waals surface area contributed by atoms with Crippen LogP contribution in [0.5, 0.6) is 11.5 Å². The summed E-state index contributed by atoms with van der Waals surface area (Å²) in [4.78, 5) is 13.8. The first-order valence-electron chi connectivity index (χ1n) is 5.99. The molecule has 0 atom stereocenters. The Morgan fingerprint density at radius 1 is 1.15 bits per heavy atom. The number of amides is 1. The molecule has 20 heavy (non-hydrogen) atoms. The lowest BCUT2D eigenvalue weighted by atomic mass is 10.1. The van der Waals surface area contributed by atoms with E-state index in [9.17, 15) is 15.0 Å². The lowest BCUT2D eigenvalue weighted by Gasteiger charge is -2.17. The number of carbonyl (C=O) groups excluding carboxylic acids is 1. The van der Waals surface area contributed by atoms with Crippen LogP contribution in [0.3, 0.4) is 0 Å². The highest BCUT2D eigenvalue weighted by Crippen LogP contribution is 2.21. The molecule has 0 bridgehead atoms. The highest BCUT2D eigenvalue weighted by Gasteiger charge is 2.13. The van der Waals surface area contributed by atoms with E-state index in [4.69, 9.17) is 0 Å². The molecule has 5 heteroatoms. The first kappa shape index (κ1) is 14.6. The molecule has 0 radical (unpaired) electrons. The number of hydrogen-bond donors (Lipinski definition) is 2. The van der Waals surface area contributed by atoms with Crippen LogP contribution < -0.4 is 0 Å². The molecule has 0 fully saturated rings. The number of aromatic hydroxyl groups is 2. The van der Waals surface area contributed by atoms with E-state index >= 15 is 0 Å².